The molecule has 0 spiro atoms. The highest BCUT2D eigenvalue weighted by atomic mass is 16.5. The zero-order valence-electron chi connectivity index (χ0n) is 16.4. The van der Waals surface area contributed by atoms with Crippen LogP contribution >= 0.6 is 0 Å². The van der Waals surface area contributed by atoms with Crippen LogP contribution in [0, 0.1) is 0 Å². The number of amides is 1. The summed E-state index contributed by atoms with van der Waals surface area (Å²) in [7, 11) is 1.55. The monoisotopic (exact) mass is 403 g/mol. The van der Waals surface area contributed by atoms with Crippen molar-refractivity contribution in [1.29, 1.82) is 0 Å². The summed E-state index contributed by atoms with van der Waals surface area (Å²) in [6, 6.07) is 20.3. The molecule has 0 bridgehead atoms. The number of hydrogen-bond donors (Lipinski definition) is 2. The Labute approximate surface area is 174 Å². The second-order valence-corrected chi connectivity index (χ2v) is 6.68. The zero-order chi connectivity index (χ0) is 21.5. The van der Waals surface area contributed by atoms with Crippen molar-refractivity contribution in [3.8, 4) is 5.75 Å². The van der Waals surface area contributed by atoms with Gasteiger partial charge in [0.25, 0.3) is 0 Å². The predicted molar refractivity (Wildman–Crippen MR) is 113 cm³/mol. The number of methoxy groups -OCH3 is 1. The molecule has 0 unspecified atom stereocenters. The van der Waals surface area contributed by atoms with Gasteiger partial charge < -0.3 is 15.2 Å². The van der Waals surface area contributed by atoms with Gasteiger partial charge in [0.05, 0.1) is 19.1 Å². The van der Waals surface area contributed by atoms with Crippen molar-refractivity contribution < 1.29 is 24.2 Å². The van der Waals surface area contributed by atoms with Crippen molar-refractivity contribution in [2.45, 2.75) is 12.8 Å². The number of carboxylic acid groups (broad SMARTS) is 1. The smallest absolute Gasteiger partial charge is 0.335 e. The van der Waals surface area contributed by atoms with Crippen LogP contribution in [0.2, 0.25) is 0 Å². The number of carbonyl (C=O) groups is 3. The van der Waals surface area contributed by atoms with E-state index < -0.39 is 5.97 Å². The van der Waals surface area contributed by atoms with Crippen LogP contribution in [-0.2, 0) is 17.6 Å². The summed E-state index contributed by atoms with van der Waals surface area (Å²) < 4.78 is 5.26. The van der Waals surface area contributed by atoms with Gasteiger partial charge in [0.1, 0.15) is 5.75 Å². The van der Waals surface area contributed by atoms with Crippen LogP contribution < -0.4 is 10.1 Å². The summed E-state index contributed by atoms with van der Waals surface area (Å²) in [6.45, 7) is 0. The highest BCUT2D eigenvalue weighted by Gasteiger charge is 2.15. The molecule has 6 heteroatoms. The molecule has 0 heterocycles. The Hall–Kier alpha value is -3.93. The van der Waals surface area contributed by atoms with Gasteiger partial charge >= 0.3 is 5.97 Å². The highest BCUT2D eigenvalue weighted by Crippen LogP contribution is 2.19. The minimum absolute atomic E-state index is 0.0406. The second-order valence-electron chi connectivity index (χ2n) is 6.68. The number of ketones is 1. The first-order chi connectivity index (χ1) is 14.5. The summed E-state index contributed by atoms with van der Waals surface area (Å²) in [6.07, 6.45) is 0.0925. The molecule has 30 heavy (non-hydrogen) atoms. The molecule has 0 aliphatic rings. The molecule has 0 radical (unpaired) electrons. The molecule has 0 aliphatic carbocycles. The minimum atomic E-state index is -1.07. The van der Waals surface area contributed by atoms with E-state index >= 15 is 0 Å². The molecule has 3 aromatic rings. The first-order valence-corrected chi connectivity index (χ1v) is 9.34. The molecule has 0 saturated carbocycles. The van der Waals surface area contributed by atoms with Crippen molar-refractivity contribution in [1.82, 2.24) is 0 Å². The van der Waals surface area contributed by atoms with Gasteiger partial charge in [-0.3, -0.25) is 9.59 Å². The number of carbonyl (C=O) groups excluding carboxylic acids is 2. The average Bonchev–Trinajstić information content (AvgIpc) is 2.74. The molecule has 3 rings (SSSR count). The number of para-hydroxylation sites is 1. The number of hydrogen-bond acceptors (Lipinski definition) is 4. The van der Waals surface area contributed by atoms with E-state index in [9.17, 15) is 19.5 Å². The maximum Gasteiger partial charge on any atom is 0.335 e. The second kappa shape index (κ2) is 9.52. The lowest BCUT2D eigenvalue weighted by atomic mass is 9.98. The number of nitrogens with one attached hydrogen (secondary N) is 1. The van der Waals surface area contributed by atoms with Gasteiger partial charge in [-0.25, -0.2) is 4.79 Å². The Balaban J connectivity index is 1.71. The molecule has 0 fully saturated rings. The van der Waals surface area contributed by atoms with Gasteiger partial charge in [-0.15, -0.1) is 0 Å². The third kappa shape index (κ3) is 5.11. The third-order valence-corrected chi connectivity index (χ3v) is 4.61. The van der Waals surface area contributed by atoms with Crippen LogP contribution in [0.15, 0.2) is 72.8 Å². The summed E-state index contributed by atoms with van der Waals surface area (Å²) in [5, 5.41) is 12.1. The molecule has 0 aromatic heterocycles. The standard InChI is InChI=1S/C24H21NO5/c1-30-22-12-5-3-8-18(22)15-23(27)25-19-10-6-9-17(13-19)21(26)14-16-7-2-4-11-20(16)24(28)29/h2-13H,14-15H2,1H3,(H,25,27)(H,28,29). The van der Waals surface area contributed by atoms with Crippen LogP contribution in [0.5, 0.6) is 5.75 Å². The van der Waals surface area contributed by atoms with E-state index in [0.717, 1.165) is 5.56 Å². The summed E-state index contributed by atoms with van der Waals surface area (Å²) in [4.78, 5) is 36.4. The van der Waals surface area contributed by atoms with E-state index in [4.69, 9.17) is 4.74 Å². The molecule has 2 N–H and O–H groups in total. The first-order valence-electron chi connectivity index (χ1n) is 9.34. The van der Waals surface area contributed by atoms with Gasteiger partial charge in [-0.05, 0) is 29.8 Å². The number of ether oxygens (including phenoxy) is 1. The lowest BCUT2D eigenvalue weighted by molar-refractivity contribution is -0.115. The lowest BCUT2D eigenvalue weighted by Crippen LogP contribution is -2.15. The van der Waals surface area contributed by atoms with Crippen LogP contribution in [-0.4, -0.2) is 29.9 Å². The van der Waals surface area contributed by atoms with Gasteiger partial charge in [0.15, 0.2) is 5.78 Å². The Bertz CT molecular complexity index is 1090. The molecular formula is C24H21NO5. The molecule has 3 aromatic carbocycles. The fourth-order valence-electron chi connectivity index (χ4n) is 3.16. The molecule has 0 atom stereocenters. The van der Waals surface area contributed by atoms with E-state index in [0.29, 0.717) is 22.6 Å². The fraction of sp³-hybridized carbons (Fsp3) is 0.125. The maximum absolute atomic E-state index is 12.7. The Kier molecular flexibility index (Phi) is 6.60. The van der Waals surface area contributed by atoms with Crippen LogP contribution in [0.3, 0.4) is 0 Å². The van der Waals surface area contributed by atoms with E-state index in [1.165, 1.54) is 6.07 Å². The number of carboxylic acids is 1. The summed E-state index contributed by atoms with van der Waals surface area (Å²) in [5.41, 5.74) is 2.19. The van der Waals surface area contributed by atoms with Gasteiger partial charge in [-0.2, -0.15) is 0 Å². The molecule has 1 amide bonds. The van der Waals surface area contributed by atoms with Crippen molar-refractivity contribution in [3.63, 3.8) is 0 Å². The molecule has 6 nitrogen and oxygen atoms in total. The van der Waals surface area contributed by atoms with Crippen molar-refractivity contribution >= 4 is 23.3 Å². The van der Waals surface area contributed by atoms with E-state index in [1.54, 1.807) is 55.6 Å². The molecule has 152 valence electrons. The number of aromatic carboxylic acids is 1. The first kappa shape index (κ1) is 20.8. The van der Waals surface area contributed by atoms with Crippen molar-refractivity contribution in [2.75, 3.05) is 12.4 Å². The van der Waals surface area contributed by atoms with Gasteiger partial charge in [0, 0.05) is 23.2 Å². The number of benzene rings is 3. The maximum atomic E-state index is 12.7. The number of anilines is 1. The number of Topliss-reactive ketones (excluding diaryl/α,β-unsaturated/α-hetero) is 1. The van der Waals surface area contributed by atoms with E-state index in [2.05, 4.69) is 5.32 Å². The molecule has 0 aliphatic heterocycles. The third-order valence-electron chi connectivity index (χ3n) is 4.61. The van der Waals surface area contributed by atoms with E-state index in [1.807, 2.05) is 18.2 Å². The van der Waals surface area contributed by atoms with Gasteiger partial charge in [-0.1, -0.05) is 48.5 Å². The van der Waals surface area contributed by atoms with Crippen LogP contribution in [0.25, 0.3) is 0 Å². The van der Waals surface area contributed by atoms with Crippen LogP contribution in [0.1, 0.15) is 31.8 Å². The largest absolute Gasteiger partial charge is 0.496 e. The minimum Gasteiger partial charge on any atom is -0.496 e. The Morgan fingerprint density at radius 1 is 0.867 bits per heavy atom. The average molecular weight is 403 g/mol. The SMILES string of the molecule is COc1ccccc1CC(=O)Nc1cccc(C(=O)Cc2ccccc2C(=O)O)c1. The van der Waals surface area contributed by atoms with E-state index in [-0.39, 0.29) is 30.1 Å². The zero-order valence-corrected chi connectivity index (χ0v) is 16.4. The topological polar surface area (TPSA) is 92.7 Å². The summed E-state index contributed by atoms with van der Waals surface area (Å²) in [5.74, 6) is -0.908. The predicted octanol–water partition coefficient (Wildman–Crippen LogP) is 4.00. The fourth-order valence-corrected chi connectivity index (χ4v) is 3.16. The van der Waals surface area contributed by atoms with Crippen molar-refractivity contribution in [3.05, 3.63) is 95.1 Å². The lowest BCUT2D eigenvalue weighted by Gasteiger charge is -2.10. The highest BCUT2D eigenvalue weighted by molar-refractivity contribution is 6.01. The molecule has 0 saturated heterocycles. The summed E-state index contributed by atoms with van der Waals surface area (Å²) >= 11 is 0. The normalized spacial score (nSPS) is 10.3. The number of rotatable bonds is 8. The quantitative estimate of drug-likeness (QED) is 0.555. The Morgan fingerprint density at radius 2 is 1.57 bits per heavy atom. The van der Waals surface area contributed by atoms with Crippen molar-refractivity contribution in [2.24, 2.45) is 0 Å². The van der Waals surface area contributed by atoms with Crippen LogP contribution in [0.4, 0.5) is 5.69 Å². The Morgan fingerprint density at radius 3 is 2.30 bits per heavy atom. The van der Waals surface area contributed by atoms with Gasteiger partial charge in [0.2, 0.25) is 5.91 Å². The molecular weight excluding hydrogens is 382 g/mol.